The van der Waals surface area contributed by atoms with E-state index in [4.69, 9.17) is 9.47 Å². The number of anilines is 1. The van der Waals surface area contributed by atoms with Crippen molar-refractivity contribution < 1.29 is 23.9 Å². The predicted molar refractivity (Wildman–Crippen MR) is 153 cm³/mol. The van der Waals surface area contributed by atoms with Crippen LogP contribution >= 0.6 is 15.9 Å². The number of nitrogens with one attached hydrogen (secondary N) is 1. The van der Waals surface area contributed by atoms with Gasteiger partial charge < -0.3 is 14.8 Å². The summed E-state index contributed by atoms with van der Waals surface area (Å²) in [7, 11) is 0. The van der Waals surface area contributed by atoms with Gasteiger partial charge in [-0.05, 0) is 48.1 Å². The van der Waals surface area contributed by atoms with E-state index in [1.165, 1.54) is 0 Å². The number of hydrogen-bond donors (Lipinski definition) is 1. The Bertz CT molecular complexity index is 1380. The summed E-state index contributed by atoms with van der Waals surface area (Å²) in [6, 6.07) is 13.0. The van der Waals surface area contributed by atoms with E-state index >= 15 is 0 Å². The maximum atomic E-state index is 13.6. The van der Waals surface area contributed by atoms with E-state index in [2.05, 4.69) is 48.9 Å². The normalized spacial score (nSPS) is 20.3. The molecule has 0 saturated heterocycles. The molecule has 0 fully saturated rings. The first-order valence-corrected chi connectivity index (χ1v) is 14.1. The zero-order valence-corrected chi connectivity index (χ0v) is 24.7. The summed E-state index contributed by atoms with van der Waals surface area (Å²) in [5, 5.41) is 2.85. The highest BCUT2D eigenvalue weighted by Crippen LogP contribution is 2.54. The summed E-state index contributed by atoms with van der Waals surface area (Å²) in [4.78, 5) is 40.0. The van der Waals surface area contributed by atoms with Gasteiger partial charge >= 0.3 is 0 Å². The van der Waals surface area contributed by atoms with Gasteiger partial charge in [0.1, 0.15) is 17.3 Å². The van der Waals surface area contributed by atoms with E-state index < -0.39 is 5.92 Å². The van der Waals surface area contributed by atoms with Crippen LogP contribution in [0.15, 0.2) is 69.6 Å². The van der Waals surface area contributed by atoms with Crippen LogP contribution in [0.4, 0.5) is 5.69 Å². The number of hydrogen-bond acceptors (Lipinski definition) is 5. The van der Waals surface area contributed by atoms with Crippen LogP contribution in [-0.4, -0.2) is 24.1 Å². The number of carbonyl (C=O) groups excluding carboxylic acids is 3. The summed E-state index contributed by atoms with van der Waals surface area (Å²) < 4.78 is 13.3. The van der Waals surface area contributed by atoms with Crippen LogP contribution in [0.3, 0.4) is 0 Å². The molecule has 0 atom stereocenters. The topological polar surface area (TPSA) is 81.7 Å². The van der Waals surface area contributed by atoms with Crippen molar-refractivity contribution in [1.82, 2.24) is 0 Å². The van der Waals surface area contributed by atoms with Gasteiger partial charge in [0.15, 0.2) is 18.2 Å². The predicted octanol–water partition coefficient (Wildman–Crippen LogP) is 7.18. The average Bonchev–Trinajstić information content (AvgIpc) is 2.82. The van der Waals surface area contributed by atoms with Gasteiger partial charge in [-0.3, -0.25) is 14.4 Å². The van der Waals surface area contributed by atoms with Crippen molar-refractivity contribution in [3.63, 3.8) is 0 Å². The Morgan fingerprint density at radius 3 is 2.05 bits per heavy atom. The first-order valence-electron chi connectivity index (χ1n) is 13.3. The molecule has 6 nitrogen and oxygen atoms in total. The summed E-state index contributed by atoms with van der Waals surface area (Å²) in [5.41, 5.74) is 3.06. The molecule has 7 heteroatoms. The van der Waals surface area contributed by atoms with Gasteiger partial charge in [0.25, 0.3) is 5.91 Å². The van der Waals surface area contributed by atoms with Crippen molar-refractivity contribution in [2.45, 2.75) is 66.2 Å². The third-order valence-electron chi connectivity index (χ3n) is 7.56. The third-order valence-corrected chi connectivity index (χ3v) is 8.05. The first kappa shape index (κ1) is 27.4. The van der Waals surface area contributed by atoms with Crippen LogP contribution in [0, 0.1) is 17.8 Å². The fourth-order valence-corrected chi connectivity index (χ4v) is 6.22. The molecule has 39 heavy (non-hydrogen) atoms. The monoisotopic (exact) mass is 591 g/mol. The molecule has 0 bridgehead atoms. The number of carbonyl (C=O) groups is 3. The zero-order chi connectivity index (χ0) is 28.1. The minimum Gasteiger partial charge on any atom is -0.483 e. The highest BCUT2D eigenvalue weighted by Gasteiger charge is 2.48. The molecule has 0 unspecified atom stereocenters. The van der Waals surface area contributed by atoms with Gasteiger partial charge in [-0.15, -0.1) is 0 Å². The first-order chi connectivity index (χ1) is 18.3. The summed E-state index contributed by atoms with van der Waals surface area (Å²) in [6.45, 7) is 10.0. The van der Waals surface area contributed by atoms with Gasteiger partial charge in [-0.2, -0.15) is 0 Å². The van der Waals surface area contributed by atoms with Crippen molar-refractivity contribution in [1.29, 1.82) is 0 Å². The number of aryl methyl sites for hydroxylation is 1. The molecule has 5 rings (SSSR count). The third kappa shape index (κ3) is 5.74. The number of halogens is 1. The second-order valence-electron chi connectivity index (χ2n) is 12.5. The number of ketones is 2. The molecule has 1 amide bonds. The Morgan fingerprint density at radius 1 is 0.923 bits per heavy atom. The van der Waals surface area contributed by atoms with Crippen LogP contribution in [0.5, 0.6) is 5.75 Å². The lowest BCUT2D eigenvalue weighted by Gasteiger charge is -2.43. The molecule has 0 radical (unpaired) electrons. The molecular weight excluding hydrogens is 558 g/mol. The summed E-state index contributed by atoms with van der Waals surface area (Å²) >= 11 is 3.57. The maximum absolute atomic E-state index is 13.6. The van der Waals surface area contributed by atoms with E-state index in [9.17, 15) is 14.4 Å². The van der Waals surface area contributed by atoms with Gasteiger partial charge in [-0.1, -0.05) is 61.3 Å². The lowest BCUT2D eigenvalue weighted by molar-refractivity contribution is -0.121. The number of allylic oxidation sites excluding steroid dienone is 4. The Balaban J connectivity index is 1.53. The van der Waals surface area contributed by atoms with Gasteiger partial charge in [0, 0.05) is 52.6 Å². The Hall–Kier alpha value is -3.19. The number of amides is 1. The van der Waals surface area contributed by atoms with Crippen LogP contribution in [-0.2, 0) is 19.1 Å². The van der Waals surface area contributed by atoms with Crippen molar-refractivity contribution in [3.8, 4) is 5.75 Å². The Labute approximate surface area is 238 Å². The van der Waals surface area contributed by atoms with E-state index in [1.807, 2.05) is 43.3 Å². The molecule has 2 aromatic rings. The molecule has 1 aliphatic heterocycles. The van der Waals surface area contributed by atoms with E-state index in [1.54, 1.807) is 6.07 Å². The van der Waals surface area contributed by atoms with Crippen LogP contribution < -0.4 is 10.1 Å². The number of benzene rings is 2. The fraction of sp³-hybridized carbons (Fsp3) is 0.406. The minimum atomic E-state index is -0.608. The Morgan fingerprint density at radius 2 is 1.49 bits per heavy atom. The van der Waals surface area contributed by atoms with E-state index in [0.29, 0.717) is 65.3 Å². The van der Waals surface area contributed by atoms with E-state index in [-0.39, 0.29) is 34.9 Å². The van der Waals surface area contributed by atoms with Crippen LogP contribution in [0.2, 0.25) is 0 Å². The second-order valence-corrected chi connectivity index (χ2v) is 13.4. The van der Waals surface area contributed by atoms with Crippen molar-refractivity contribution >= 4 is 39.1 Å². The number of Topliss-reactive ketones (excluding diaryl/α,β-unsaturated/α-hetero) is 2. The highest BCUT2D eigenvalue weighted by molar-refractivity contribution is 9.10. The molecule has 3 aliphatic rings. The molecule has 1 heterocycles. The number of ether oxygens (including phenoxy) is 2. The van der Waals surface area contributed by atoms with Crippen molar-refractivity contribution in [2.75, 3.05) is 11.9 Å². The Kier molecular flexibility index (Phi) is 7.08. The smallest absolute Gasteiger partial charge is 0.262 e. The quantitative estimate of drug-likeness (QED) is 0.398. The molecule has 0 aromatic heterocycles. The van der Waals surface area contributed by atoms with Crippen molar-refractivity contribution in [2.24, 2.45) is 10.8 Å². The summed E-state index contributed by atoms with van der Waals surface area (Å²) in [6.07, 6.45) is 1.96. The molecule has 2 aliphatic carbocycles. The fourth-order valence-electron chi connectivity index (χ4n) is 5.84. The molecule has 1 N–H and O–H groups in total. The minimum absolute atomic E-state index is 0.0153. The van der Waals surface area contributed by atoms with Gasteiger partial charge in [0.2, 0.25) is 0 Å². The molecule has 204 valence electrons. The van der Waals surface area contributed by atoms with Crippen LogP contribution in [0.25, 0.3) is 0 Å². The molecule has 0 saturated carbocycles. The average molecular weight is 593 g/mol. The number of rotatable bonds is 5. The standard InChI is InChI=1S/C32H34BrNO5/c1-18-6-9-20(10-7-18)34-27(37)17-38-24-11-8-19(33)12-21(24)28-29-22(35)13-31(2,3)15-25(29)39-26-16-32(4,5)14-23(36)30(26)28/h6-12,28H,13-17H2,1-5H3,(H,34,37). The SMILES string of the molecule is Cc1ccc(NC(=O)COc2ccc(Br)cc2C2C3=C(CC(C)(C)CC3=O)OC3=C2C(=O)CC(C)(C)C3)cc1. The largest absolute Gasteiger partial charge is 0.483 e. The second kappa shape index (κ2) is 10.1. The molecular formula is C32H34BrNO5. The van der Waals surface area contributed by atoms with Gasteiger partial charge in [0.05, 0.1) is 5.92 Å². The molecule has 0 spiro atoms. The maximum Gasteiger partial charge on any atom is 0.262 e. The molecule has 2 aromatic carbocycles. The highest BCUT2D eigenvalue weighted by atomic mass is 79.9. The van der Waals surface area contributed by atoms with E-state index in [0.717, 1.165) is 10.0 Å². The van der Waals surface area contributed by atoms with Crippen LogP contribution in [0.1, 0.15) is 70.4 Å². The zero-order valence-electron chi connectivity index (χ0n) is 23.1. The summed E-state index contributed by atoms with van der Waals surface area (Å²) in [5.74, 6) is 0.811. The van der Waals surface area contributed by atoms with Crippen molar-refractivity contribution in [3.05, 3.63) is 80.7 Å². The lowest BCUT2D eigenvalue weighted by atomic mass is 9.65. The lowest BCUT2D eigenvalue weighted by Crippen LogP contribution is -2.37. The van der Waals surface area contributed by atoms with Gasteiger partial charge in [-0.25, -0.2) is 0 Å².